The summed E-state index contributed by atoms with van der Waals surface area (Å²) < 4.78 is 0. The fourth-order valence-corrected chi connectivity index (χ4v) is 2.59. The van der Waals surface area contributed by atoms with E-state index in [0.29, 0.717) is 22.0 Å². The third-order valence-electron chi connectivity index (χ3n) is 3.69. The van der Waals surface area contributed by atoms with Gasteiger partial charge in [0.05, 0.1) is 6.21 Å². The van der Waals surface area contributed by atoms with Crippen LogP contribution in [-0.2, 0) is 4.79 Å². The molecule has 0 fully saturated rings. The lowest BCUT2D eigenvalue weighted by Gasteiger charge is -2.19. The van der Waals surface area contributed by atoms with Crippen molar-refractivity contribution in [3.8, 4) is 0 Å². The Bertz CT molecular complexity index is 803. The van der Waals surface area contributed by atoms with Crippen LogP contribution in [0.25, 0.3) is 0 Å². The van der Waals surface area contributed by atoms with Crippen LogP contribution in [0.1, 0.15) is 36.2 Å². The molecule has 2 aromatic rings. The highest BCUT2D eigenvalue weighted by molar-refractivity contribution is 6.31. The standard InChI is InChI=1S/C20H21Cl2N3O2/c1-13(2)11-18(24-19(26)15-5-9-17(22)10-6-15)20(27)25-23-12-14-3-7-16(21)8-4-14/h3-10,12-13,18H,11H2,1-2H3,(H,24,26)(H,25,27)/b23-12+. The van der Waals surface area contributed by atoms with Crippen LogP contribution < -0.4 is 10.7 Å². The summed E-state index contributed by atoms with van der Waals surface area (Å²) in [5.41, 5.74) is 3.71. The number of nitrogens with one attached hydrogen (secondary N) is 2. The molecule has 1 atom stereocenters. The van der Waals surface area contributed by atoms with Crippen LogP contribution in [0, 0.1) is 5.92 Å². The number of halogens is 2. The van der Waals surface area contributed by atoms with Gasteiger partial charge in [-0.3, -0.25) is 9.59 Å². The van der Waals surface area contributed by atoms with E-state index in [4.69, 9.17) is 23.2 Å². The first-order valence-electron chi connectivity index (χ1n) is 8.50. The van der Waals surface area contributed by atoms with Crippen molar-refractivity contribution in [2.24, 2.45) is 11.0 Å². The Balaban J connectivity index is 2.01. The van der Waals surface area contributed by atoms with Gasteiger partial charge in [0.1, 0.15) is 6.04 Å². The maximum atomic E-state index is 12.5. The Morgan fingerprint density at radius 2 is 1.56 bits per heavy atom. The van der Waals surface area contributed by atoms with E-state index in [0.717, 1.165) is 5.56 Å². The summed E-state index contributed by atoms with van der Waals surface area (Å²) in [6.07, 6.45) is 2.00. The molecule has 2 N–H and O–H groups in total. The van der Waals surface area contributed by atoms with Gasteiger partial charge in [-0.2, -0.15) is 5.10 Å². The smallest absolute Gasteiger partial charge is 0.262 e. The fraction of sp³-hybridized carbons (Fsp3) is 0.250. The third kappa shape index (κ3) is 7.04. The molecule has 27 heavy (non-hydrogen) atoms. The summed E-state index contributed by atoms with van der Waals surface area (Å²) in [7, 11) is 0. The third-order valence-corrected chi connectivity index (χ3v) is 4.20. The number of hydrogen-bond acceptors (Lipinski definition) is 3. The molecule has 142 valence electrons. The van der Waals surface area contributed by atoms with Crippen molar-refractivity contribution in [3.05, 3.63) is 69.7 Å². The van der Waals surface area contributed by atoms with Crippen molar-refractivity contribution in [2.45, 2.75) is 26.3 Å². The predicted molar refractivity (Wildman–Crippen MR) is 109 cm³/mol. The van der Waals surface area contributed by atoms with Gasteiger partial charge in [0.15, 0.2) is 0 Å². The fourth-order valence-electron chi connectivity index (χ4n) is 2.34. The molecule has 0 bridgehead atoms. The first-order valence-corrected chi connectivity index (χ1v) is 9.25. The zero-order valence-corrected chi connectivity index (χ0v) is 16.6. The van der Waals surface area contributed by atoms with Crippen molar-refractivity contribution in [1.29, 1.82) is 0 Å². The Kier molecular flexibility index (Phi) is 7.82. The Labute approximate surface area is 168 Å². The van der Waals surface area contributed by atoms with Gasteiger partial charge >= 0.3 is 0 Å². The number of carbonyl (C=O) groups is 2. The minimum atomic E-state index is -0.699. The highest BCUT2D eigenvalue weighted by Gasteiger charge is 2.22. The van der Waals surface area contributed by atoms with E-state index in [1.807, 2.05) is 13.8 Å². The molecule has 2 aromatic carbocycles. The topological polar surface area (TPSA) is 70.6 Å². The SMILES string of the molecule is CC(C)CC(NC(=O)c1ccc(Cl)cc1)C(=O)N/N=C/c1ccc(Cl)cc1. The first-order chi connectivity index (χ1) is 12.8. The summed E-state index contributed by atoms with van der Waals surface area (Å²) in [5.74, 6) is -0.503. The number of hydrogen-bond donors (Lipinski definition) is 2. The normalized spacial score (nSPS) is 12.2. The molecule has 0 saturated carbocycles. The monoisotopic (exact) mass is 405 g/mol. The molecule has 7 heteroatoms. The van der Waals surface area contributed by atoms with E-state index in [1.165, 1.54) is 6.21 Å². The van der Waals surface area contributed by atoms with E-state index in [1.54, 1.807) is 48.5 Å². The van der Waals surface area contributed by atoms with Crippen LogP contribution >= 0.6 is 23.2 Å². The molecule has 0 saturated heterocycles. The average molecular weight is 406 g/mol. The molecule has 0 aliphatic carbocycles. The number of benzene rings is 2. The highest BCUT2D eigenvalue weighted by atomic mass is 35.5. The van der Waals surface area contributed by atoms with Gasteiger partial charge < -0.3 is 5.32 Å². The molecule has 0 aromatic heterocycles. The Hall–Kier alpha value is -2.37. The molecule has 5 nitrogen and oxygen atoms in total. The number of carbonyl (C=O) groups excluding carboxylic acids is 2. The number of rotatable bonds is 7. The Morgan fingerprint density at radius 3 is 2.11 bits per heavy atom. The molecular weight excluding hydrogens is 385 g/mol. The number of nitrogens with zero attached hydrogens (tertiary/aromatic N) is 1. The minimum Gasteiger partial charge on any atom is -0.340 e. The zero-order valence-electron chi connectivity index (χ0n) is 15.1. The lowest BCUT2D eigenvalue weighted by Crippen LogP contribution is -2.46. The van der Waals surface area contributed by atoms with Crippen LogP contribution in [-0.4, -0.2) is 24.1 Å². The van der Waals surface area contributed by atoms with E-state index in [2.05, 4.69) is 15.8 Å². The van der Waals surface area contributed by atoms with Crippen LogP contribution in [0.15, 0.2) is 53.6 Å². The van der Waals surface area contributed by atoms with Crippen LogP contribution in [0.4, 0.5) is 0 Å². The maximum Gasteiger partial charge on any atom is 0.262 e. The van der Waals surface area contributed by atoms with Crippen molar-refractivity contribution < 1.29 is 9.59 Å². The van der Waals surface area contributed by atoms with Crippen molar-refractivity contribution in [2.75, 3.05) is 0 Å². The lowest BCUT2D eigenvalue weighted by atomic mass is 10.0. The largest absolute Gasteiger partial charge is 0.340 e. The first kappa shape index (κ1) is 20.9. The van der Waals surface area contributed by atoms with Gasteiger partial charge in [0, 0.05) is 15.6 Å². The average Bonchev–Trinajstić information content (AvgIpc) is 2.63. The van der Waals surface area contributed by atoms with Crippen molar-refractivity contribution in [1.82, 2.24) is 10.7 Å². The van der Waals surface area contributed by atoms with Crippen molar-refractivity contribution in [3.63, 3.8) is 0 Å². The highest BCUT2D eigenvalue weighted by Crippen LogP contribution is 2.11. The summed E-state index contributed by atoms with van der Waals surface area (Å²) in [6, 6.07) is 12.8. The molecule has 1 unspecified atom stereocenters. The molecule has 2 rings (SSSR count). The minimum absolute atomic E-state index is 0.214. The molecule has 0 aliphatic heterocycles. The molecule has 0 aliphatic rings. The van der Waals surface area contributed by atoms with Crippen LogP contribution in [0.3, 0.4) is 0 Å². The summed E-state index contributed by atoms with van der Waals surface area (Å²) in [6.45, 7) is 3.96. The second-order valence-electron chi connectivity index (χ2n) is 6.45. The number of amides is 2. The van der Waals surface area contributed by atoms with Crippen LogP contribution in [0.2, 0.25) is 10.0 Å². The van der Waals surface area contributed by atoms with Gasteiger partial charge in [-0.25, -0.2) is 5.43 Å². The second-order valence-corrected chi connectivity index (χ2v) is 7.32. The maximum absolute atomic E-state index is 12.5. The summed E-state index contributed by atoms with van der Waals surface area (Å²) in [5, 5.41) is 7.87. The zero-order chi connectivity index (χ0) is 19.8. The molecular formula is C20H21Cl2N3O2. The molecule has 0 radical (unpaired) electrons. The summed E-state index contributed by atoms with van der Waals surface area (Å²) >= 11 is 11.7. The van der Waals surface area contributed by atoms with E-state index in [9.17, 15) is 9.59 Å². The van der Waals surface area contributed by atoms with Gasteiger partial charge in [-0.1, -0.05) is 49.2 Å². The van der Waals surface area contributed by atoms with Gasteiger partial charge in [0.2, 0.25) is 0 Å². The summed E-state index contributed by atoms with van der Waals surface area (Å²) in [4.78, 5) is 24.9. The van der Waals surface area contributed by atoms with Gasteiger partial charge in [-0.05, 0) is 54.3 Å². The molecule has 0 heterocycles. The quantitative estimate of drug-likeness (QED) is 0.532. The van der Waals surface area contributed by atoms with Crippen LogP contribution in [0.5, 0.6) is 0 Å². The van der Waals surface area contributed by atoms with E-state index >= 15 is 0 Å². The van der Waals surface area contributed by atoms with E-state index < -0.39 is 6.04 Å². The second kappa shape index (κ2) is 10.1. The van der Waals surface area contributed by atoms with E-state index in [-0.39, 0.29) is 17.7 Å². The Morgan fingerprint density at radius 1 is 1.00 bits per heavy atom. The predicted octanol–water partition coefficient (Wildman–Crippen LogP) is 4.29. The van der Waals surface area contributed by atoms with Gasteiger partial charge in [-0.15, -0.1) is 0 Å². The van der Waals surface area contributed by atoms with Crippen molar-refractivity contribution >= 4 is 41.2 Å². The number of hydrazone groups is 1. The molecule has 2 amide bonds. The molecule has 0 spiro atoms. The lowest BCUT2D eigenvalue weighted by molar-refractivity contribution is -0.123. The van der Waals surface area contributed by atoms with Gasteiger partial charge in [0.25, 0.3) is 11.8 Å².